The smallest absolute Gasteiger partial charge is 0.246 e. The van der Waals surface area contributed by atoms with Crippen LogP contribution in [0, 0.1) is 0 Å². The minimum absolute atomic E-state index is 0.0405. The number of nitrogens with one attached hydrogen (secondary N) is 1. The Morgan fingerprint density at radius 1 is 1.20 bits per heavy atom. The first-order chi connectivity index (χ1) is 12.2. The van der Waals surface area contributed by atoms with Gasteiger partial charge in [0.05, 0.1) is 7.11 Å². The summed E-state index contributed by atoms with van der Waals surface area (Å²) in [4.78, 5) is 18.0. The predicted octanol–water partition coefficient (Wildman–Crippen LogP) is 3.77. The Hall–Kier alpha value is -3.01. The first-order valence-electron chi connectivity index (χ1n) is 8.44. The number of hydrogen-bond acceptors (Lipinski definition) is 2. The van der Waals surface area contributed by atoms with Gasteiger partial charge in [-0.05, 0) is 29.8 Å². The normalized spacial score (nSPS) is 14.0. The number of nitrogens with zero attached hydrogens (tertiary/aromatic N) is 1. The van der Waals surface area contributed by atoms with Gasteiger partial charge in [0.25, 0.3) is 0 Å². The molecule has 4 nitrogen and oxygen atoms in total. The molecular formula is C21H20N2O2. The molecule has 4 rings (SSSR count). The molecule has 0 saturated heterocycles. The number of ether oxygens (including phenoxy) is 1. The molecule has 1 N–H and O–H groups in total. The maximum Gasteiger partial charge on any atom is 0.246 e. The van der Waals surface area contributed by atoms with Gasteiger partial charge in [-0.2, -0.15) is 0 Å². The Bertz CT molecular complexity index is 955. The third kappa shape index (κ3) is 3.03. The summed E-state index contributed by atoms with van der Waals surface area (Å²) in [7, 11) is 1.64. The third-order valence-corrected chi connectivity index (χ3v) is 4.71. The maximum absolute atomic E-state index is 12.6. The molecule has 0 aliphatic carbocycles. The van der Waals surface area contributed by atoms with Gasteiger partial charge in [0, 0.05) is 47.7 Å². The van der Waals surface area contributed by atoms with Crippen molar-refractivity contribution in [3.05, 3.63) is 71.4 Å². The SMILES string of the molecule is COc1cccc(/C=C/C(=O)N2CCc3[nH]c4ccccc4c3C2)c1. The highest BCUT2D eigenvalue weighted by molar-refractivity contribution is 5.93. The van der Waals surface area contributed by atoms with Gasteiger partial charge in [-0.3, -0.25) is 4.79 Å². The number of aromatic amines is 1. The molecular weight excluding hydrogens is 312 g/mol. The van der Waals surface area contributed by atoms with E-state index in [0.717, 1.165) is 29.8 Å². The molecule has 4 heteroatoms. The fraction of sp³-hybridized carbons (Fsp3) is 0.190. The van der Waals surface area contributed by atoms with Crippen LogP contribution in [0.15, 0.2) is 54.6 Å². The van der Waals surface area contributed by atoms with Crippen LogP contribution in [0.1, 0.15) is 16.8 Å². The van der Waals surface area contributed by atoms with E-state index >= 15 is 0 Å². The van der Waals surface area contributed by atoms with Crippen molar-refractivity contribution in [2.75, 3.05) is 13.7 Å². The van der Waals surface area contributed by atoms with Gasteiger partial charge in [0.15, 0.2) is 0 Å². The van der Waals surface area contributed by atoms with E-state index in [2.05, 4.69) is 17.1 Å². The zero-order chi connectivity index (χ0) is 17.2. The Labute approximate surface area is 146 Å². The van der Waals surface area contributed by atoms with Crippen molar-refractivity contribution < 1.29 is 9.53 Å². The Morgan fingerprint density at radius 2 is 2.08 bits per heavy atom. The highest BCUT2D eigenvalue weighted by atomic mass is 16.5. The van der Waals surface area contributed by atoms with Crippen molar-refractivity contribution in [3.63, 3.8) is 0 Å². The number of H-pyrrole nitrogens is 1. The molecule has 25 heavy (non-hydrogen) atoms. The van der Waals surface area contributed by atoms with Crippen LogP contribution in [0.5, 0.6) is 5.75 Å². The maximum atomic E-state index is 12.6. The van der Waals surface area contributed by atoms with Gasteiger partial charge in [0.2, 0.25) is 5.91 Å². The van der Waals surface area contributed by atoms with Crippen LogP contribution >= 0.6 is 0 Å². The van der Waals surface area contributed by atoms with Crippen LogP contribution in [-0.2, 0) is 17.8 Å². The number of carbonyl (C=O) groups is 1. The first kappa shape index (κ1) is 15.5. The van der Waals surface area contributed by atoms with E-state index in [1.165, 1.54) is 16.6 Å². The molecule has 0 spiro atoms. The fourth-order valence-electron chi connectivity index (χ4n) is 3.37. The molecule has 0 atom stereocenters. The van der Waals surface area contributed by atoms with Crippen molar-refractivity contribution in [2.24, 2.45) is 0 Å². The standard InChI is InChI=1S/C21H20N2O2/c1-25-16-6-4-5-15(13-16)9-10-21(24)23-12-11-20-18(14-23)17-7-2-3-8-19(17)22-20/h2-10,13,22H,11-12,14H2,1H3/b10-9+. The van der Waals surface area contributed by atoms with Gasteiger partial charge in [-0.15, -0.1) is 0 Å². The summed E-state index contributed by atoms with van der Waals surface area (Å²) in [5, 5.41) is 1.21. The zero-order valence-corrected chi connectivity index (χ0v) is 14.2. The first-order valence-corrected chi connectivity index (χ1v) is 8.44. The minimum Gasteiger partial charge on any atom is -0.497 e. The lowest BCUT2D eigenvalue weighted by Gasteiger charge is -2.26. The number of para-hydroxylation sites is 1. The second-order valence-electron chi connectivity index (χ2n) is 6.25. The Balaban J connectivity index is 1.52. The number of amides is 1. The fourth-order valence-corrected chi connectivity index (χ4v) is 3.37. The van der Waals surface area contributed by atoms with Crippen LogP contribution in [0.25, 0.3) is 17.0 Å². The number of carbonyl (C=O) groups excluding carboxylic acids is 1. The highest BCUT2D eigenvalue weighted by Crippen LogP contribution is 2.27. The molecule has 126 valence electrons. The third-order valence-electron chi connectivity index (χ3n) is 4.71. The van der Waals surface area contributed by atoms with Crippen LogP contribution < -0.4 is 4.74 Å². The lowest BCUT2D eigenvalue weighted by atomic mass is 10.0. The molecule has 0 bridgehead atoms. The molecule has 1 aliphatic rings. The van der Waals surface area contributed by atoms with Crippen molar-refractivity contribution in [3.8, 4) is 5.75 Å². The van der Waals surface area contributed by atoms with E-state index in [1.807, 2.05) is 47.4 Å². The molecule has 1 amide bonds. The van der Waals surface area contributed by atoms with E-state index in [4.69, 9.17) is 4.74 Å². The lowest BCUT2D eigenvalue weighted by molar-refractivity contribution is -0.126. The Kier molecular flexibility index (Phi) is 4.02. The summed E-state index contributed by atoms with van der Waals surface area (Å²) in [6, 6.07) is 16.0. The van der Waals surface area contributed by atoms with E-state index in [0.29, 0.717) is 6.54 Å². The molecule has 1 aliphatic heterocycles. The van der Waals surface area contributed by atoms with Crippen LogP contribution in [-0.4, -0.2) is 29.4 Å². The van der Waals surface area contributed by atoms with Crippen LogP contribution in [0.4, 0.5) is 0 Å². The molecule has 0 radical (unpaired) electrons. The quantitative estimate of drug-likeness (QED) is 0.742. The van der Waals surface area contributed by atoms with E-state index in [-0.39, 0.29) is 5.91 Å². The molecule has 0 unspecified atom stereocenters. The van der Waals surface area contributed by atoms with Crippen molar-refractivity contribution >= 4 is 22.9 Å². The second-order valence-corrected chi connectivity index (χ2v) is 6.25. The van der Waals surface area contributed by atoms with E-state index in [9.17, 15) is 4.79 Å². The summed E-state index contributed by atoms with van der Waals surface area (Å²) in [6.45, 7) is 1.39. The Morgan fingerprint density at radius 3 is 2.96 bits per heavy atom. The van der Waals surface area contributed by atoms with Gasteiger partial charge in [0.1, 0.15) is 5.75 Å². The number of benzene rings is 2. The van der Waals surface area contributed by atoms with Crippen LogP contribution in [0.2, 0.25) is 0 Å². The van der Waals surface area contributed by atoms with Gasteiger partial charge < -0.3 is 14.6 Å². The van der Waals surface area contributed by atoms with E-state index < -0.39 is 0 Å². The summed E-state index contributed by atoms with van der Waals surface area (Å²) in [6.07, 6.45) is 4.35. The van der Waals surface area contributed by atoms with Crippen LogP contribution in [0.3, 0.4) is 0 Å². The number of methoxy groups -OCH3 is 1. The number of fused-ring (bicyclic) bond motifs is 3. The zero-order valence-electron chi connectivity index (χ0n) is 14.2. The minimum atomic E-state index is 0.0405. The largest absolute Gasteiger partial charge is 0.497 e. The summed E-state index contributed by atoms with van der Waals surface area (Å²) >= 11 is 0. The van der Waals surface area contributed by atoms with Gasteiger partial charge in [-0.1, -0.05) is 30.3 Å². The average molecular weight is 332 g/mol. The van der Waals surface area contributed by atoms with Crippen molar-refractivity contribution in [1.82, 2.24) is 9.88 Å². The van der Waals surface area contributed by atoms with E-state index in [1.54, 1.807) is 13.2 Å². The lowest BCUT2D eigenvalue weighted by Crippen LogP contribution is -2.34. The summed E-state index contributed by atoms with van der Waals surface area (Å²) in [5.74, 6) is 0.828. The predicted molar refractivity (Wildman–Crippen MR) is 99.4 cm³/mol. The molecule has 2 aromatic carbocycles. The average Bonchev–Trinajstić information content (AvgIpc) is 3.04. The molecule has 3 aromatic rings. The summed E-state index contributed by atoms with van der Waals surface area (Å²) < 4.78 is 5.22. The monoisotopic (exact) mass is 332 g/mol. The molecule has 0 saturated carbocycles. The molecule has 1 aromatic heterocycles. The number of rotatable bonds is 3. The second kappa shape index (κ2) is 6.48. The molecule has 0 fully saturated rings. The van der Waals surface area contributed by atoms with Crippen molar-refractivity contribution in [2.45, 2.75) is 13.0 Å². The molecule has 2 heterocycles. The topological polar surface area (TPSA) is 45.3 Å². The number of hydrogen-bond donors (Lipinski definition) is 1. The van der Waals surface area contributed by atoms with Gasteiger partial charge in [-0.25, -0.2) is 0 Å². The van der Waals surface area contributed by atoms with Crippen molar-refractivity contribution in [1.29, 1.82) is 0 Å². The van der Waals surface area contributed by atoms with Gasteiger partial charge >= 0.3 is 0 Å². The highest BCUT2D eigenvalue weighted by Gasteiger charge is 2.22. The summed E-state index contributed by atoms with van der Waals surface area (Å²) in [5.41, 5.74) is 4.60. The number of aromatic nitrogens is 1.